The number of carbonyl (C=O) groups is 3. The van der Waals surface area contributed by atoms with Gasteiger partial charge in [0.25, 0.3) is 5.91 Å². The van der Waals surface area contributed by atoms with Crippen molar-refractivity contribution in [2.75, 3.05) is 24.7 Å². The third kappa shape index (κ3) is 4.03. The van der Waals surface area contributed by atoms with Crippen molar-refractivity contribution in [3.63, 3.8) is 0 Å². The number of hydrogen-bond acceptors (Lipinski definition) is 6. The Labute approximate surface area is 217 Å². The molecule has 36 heavy (non-hydrogen) atoms. The van der Waals surface area contributed by atoms with Crippen molar-refractivity contribution in [2.24, 2.45) is 17.8 Å². The molecule has 3 heterocycles. The minimum absolute atomic E-state index is 0.0871. The van der Waals surface area contributed by atoms with E-state index in [2.05, 4.69) is 6.58 Å². The smallest absolute Gasteiger partial charge is 0.312 e. The second kappa shape index (κ2) is 10.5. The first-order valence-corrected chi connectivity index (χ1v) is 13.1. The van der Waals surface area contributed by atoms with Gasteiger partial charge in [-0.2, -0.15) is 0 Å². The Morgan fingerprint density at radius 2 is 2.11 bits per heavy atom. The molecule has 9 heteroatoms. The summed E-state index contributed by atoms with van der Waals surface area (Å²) in [6.07, 6.45) is 2.81. The molecule has 0 unspecified atom stereocenters. The maximum absolute atomic E-state index is 14.5. The van der Waals surface area contributed by atoms with E-state index < -0.39 is 41.6 Å². The normalized spacial score (nSPS) is 30.1. The van der Waals surface area contributed by atoms with E-state index in [1.165, 1.54) is 9.80 Å². The van der Waals surface area contributed by atoms with Gasteiger partial charge >= 0.3 is 5.97 Å². The number of hydrogen-bond donors (Lipinski definition) is 1. The molecule has 3 aliphatic heterocycles. The number of aliphatic hydroxyl groups excluding tert-OH is 1. The molecule has 3 fully saturated rings. The fourth-order valence-corrected chi connectivity index (χ4v) is 6.54. The zero-order valence-electron chi connectivity index (χ0n) is 21.1. The van der Waals surface area contributed by atoms with Gasteiger partial charge in [-0.05, 0) is 37.8 Å². The van der Waals surface area contributed by atoms with Crippen molar-refractivity contribution in [1.29, 1.82) is 0 Å². The lowest BCUT2D eigenvalue weighted by Gasteiger charge is -2.41. The number of anilines is 1. The summed E-state index contributed by atoms with van der Waals surface area (Å²) in [5.41, 5.74) is -0.687. The summed E-state index contributed by atoms with van der Waals surface area (Å²) in [5, 5.41) is 10.8. The van der Waals surface area contributed by atoms with E-state index in [1.807, 2.05) is 13.8 Å². The Morgan fingerprint density at radius 3 is 2.72 bits per heavy atom. The number of carbonyl (C=O) groups excluding carboxylic acids is 3. The lowest BCUT2D eigenvalue weighted by Crippen LogP contribution is -2.60. The molecule has 1 N–H and O–H groups in total. The third-order valence-electron chi connectivity index (χ3n) is 8.10. The summed E-state index contributed by atoms with van der Waals surface area (Å²) < 4.78 is 11.8. The van der Waals surface area contributed by atoms with Crippen LogP contribution in [0.4, 0.5) is 5.69 Å². The molecule has 8 nitrogen and oxygen atoms in total. The van der Waals surface area contributed by atoms with E-state index in [0.29, 0.717) is 30.0 Å². The maximum Gasteiger partial charge on any atom is 0.312 e. The molecule has 1 spiro atoms. The molecule has 0 radical (unpaired) electrons. The van der Waals surface area contributed by atoms with Gasteiger partial charge in [0.2, 0.25) is 5.91 Å². The van der Waals surface area contributed by atoms with Crippen LogP contribution in [0.1, 0.15) is 40.0 Å². The van der Waals surface area contributed by atoms with E-state index in [4.69, 9.17) is 21.1 Å². The monoisotopic (exact) mass is 518 g/mol. The minimum Gasteiger partial charge on any atom is -0.466 e. The van der Waals surface area contributed by atoms with Crippen molar-refractivity contribution in [2.45, 2.75) is 63.8 Å². The first-order valence-electron chi connectivity index (χ1n) is 12.7. The van der Waals surface area contributed by atoms with E-state index in [0.717, 1.165) is 0 Å². The molecule has 2 amide bonds. The molecular formula is C27H35ClN2O6. The van der Waals surface area contributed by atoms with Crippen LogP contribution in [-0.4, -0.2) is 71.3 Å². The van der Waals surface area contributed by atoms with Crippen LogP contribution in [0.5, 0.6) is 0 Å². The molecule has 0 aliphatic carbocycles. The van der Waals surface area contributed by atoms with Gasteiger partial charge in [0, 0.05) is 6.54 Å². The average molecular weight is 519 g/mol. The van der Waals surface area contributed by atoms with Crippen LogP contribution >= 0.6 is 11.6 Å². The van der Waals surface area contributed by atoms with Crippen molar-refractivity contribution in [1.82, 2.24) is 4.90 Å². The van der Waals surface area contributed by atoms with Crippen LogP contribution in [0.2, 0.25) is 5.02 Å². The number of esters is 1. The summed E-state index contributed by atoms with van der Waals surface area (Å²) in [4.78, 5) is 44.6. The molecule has 3 saturated heterocycles. The Bertz CT molecular complexity index is 1030. The fraction of sp³-hybridized carbons (Fsp3) is 0.593. The molecule has 2 bridgehead atoms. The number of para-hydroxylation sites is 1. The number of aliphatic hydroxyl groups is 1. The van der Waals surface area contributed by atoms with Crippen molar-refractivity contribution < 1.29 is 29.0 Å². The van der Waals surface area contributed by atoms with E-state index in [1.54, 1.807) is 37.3 Å². The van der Waals surface area contributed by atoms with E-state index >= 15 is 0 Å². The third-order valence-corrected chi connectivity index (χ3v) is 8.42. The zero-order chi connectivity index (χ0) is 26.2. The van der Waals surface area contributed by atoms with Gasteiger partial charge in [-0.25, -0.2) is 0 Å². The number of benzene rings is 1. The molecule has 1 aromatic carbocycles. The summed E-state index contributed by atoms with van der Waals surface area (Å²) in [5.74, 6) is -2.91. The second-order valence-electron chi connectivity index (χ2n) is 9.88. The molecule has 4 rings (SSSR count). The number of fused-ring (bicyclic) bond motifs is 1. The van der Waals surface area contributed by atoms with Crippen molar-refractivity contribution in [3.8, 4) is 0 Å². The lowest BCUT2D eigenvalue weighted by atomic mass is 9.70. The van der Waals surface area contributed by atoms with Gasteiger partial charge in [0.15, 0.2) is 0 Å². The molecule has 1 aromatic rings. The van der Waals surface area contributed by atoms with Crippen LogP contribution in [-0.2, 0) is 23.9 Å². The number of likely N-dealkylation sites (tertiary alicyclic amines) is 1. The largest absolute Gasteiger partial charge is 0.466 e. The van der Waals surface area contributed by atoms with Crippen LogP contribution < -0.4 is 4.90 Å². The number of nitrogens with zero attached hydrogens (tertiary/aromatic N) is 2. The number of amides is 2. The highest BCUT2D eigenvalue weighted by Gasteiger charge is 2.75. The van der Waals surface area contributed by atoms with Gasteiger partial charge in [0.05, 0.1) is 47.9 Å². The van der Waals surface area contributed by atoms with Crippen LogP contribution in [0.15, 0.2) is 36.9 Å². The topological polar surface area (TPSA) is 96.4 Å². The zero-order valence-corrected chi connectivity index (χ0v) is 21.8. The number of halogens is 1. The predicted octanol–water partition coefficient (Wildman–Crippen LogP) is 3.20. The maximum atomic E-state index is 14.5. The second-order valence-corrected chi connectivity index (χ2v) is 10.3. The summed E-state index contributed by atoms with van der Waals surface area (Å²) in [6, 6.07) is 5.36. The van der Waals surface area contributed by atoms with Gasteiger partial charge < -0.3 is 24.4 Å². The SMILES string of the molecule is C=CCN(C(=O)[C@H]1N([C@@H](CO)[C@@H](C)CC)C(=O)[C@@H]2[C@@H](C(=O)OCC)[C@H]3CC[C@]21O3)c1ccccc1Cl. The lowest BCUT2D eigenvalue weighted by molar-refractivity contribution is -0.155. The molecule has 3 aliphatic rings. The van der Waals surface area contributed by atoms with Gasteiger partial charge in [-0.1, -0.05) is 50.1 Å². The molecule has 0 aromatic heterocycles. The first-order chi connectivity index (χ1) is 17.3. The summed E-state index contributed by atoms with van der Waals surface area (Å²) >= 11 is 6.48. The summed E-state index contributed by atoms with van der Waals surface area (Å²) in [7, 11) is 0. The van der Waals surface area contributed by atoms with Crippen LogP contribution in [0.25, 0.3) is 0 Å². The number of ether oxygens (including phenoxy) is 2. The van der Waals surface area contributed by atoms with E-state index in [-0.39, 0.29) is 37.5 Å². The highest BCUT2D eigenvalue weighted by Crippen LogP contribution is 2.59. The number of rotatable bonds is 10. The highest BCUT2D eigenvalue weighted by molar-refractivity contribution is 6.34. The summed E-state index contributed by atoms with van der Waals surface area (Å²) in [6.45, 7) is 9.49. The Kier molecular flexibility index (Phi) is 7.78. The van der Waals surface area contributed by atoms with Crippen LogP contribution in [0, 0.1) is 17.8 Å². The molecule has 196 valence electrons. The Morgan fingerprint density at radius 1 is 1.39 bits per heavy atom. The molecule has 7 atom stereocenters. The average Bonchev–Trinajstić information content (AvgIpc) is 3.51. The van der Waals surface area contributed by atoms with Crippen LogP contribution in [0.3, 0.4) is 0 Å². The molecule has 0 saturated carbocycles. The van der Waals surface area contributed by atoms with Gasteiger partial charge in [-0.3, -0.25) is 14.4 Å². The van der Waals surface area contributed by atoms with Gasteiger partial charge in [0.1, 0.15) is 11.6 Å². The fourth-order valence-electron chi connectivity index (χ4n) is 6.30. The quantitative estimate of drug-likeness (QED) is 0.377. The highest BCUT2D eigenvalue weighted by atomic mass is 35.5. The standard InChI is InChI=1S/C27H35ClN2O6/c1-5-14-29(18-11-9-8-10-17(18)28)25(33)23-27-13-12-20(36-27)21(26(34)35-7-3)22(27)24(32)30(23)19(15-31)16(4)6-2/h5,8-11,16,19-23,31H,1,6-7,12-15H2,2-4H3/t16-,19-,20+,21-,22-,23+,27-/m0/s1. The van der Waals surface area contributed by atoms with Crippen molar-refractivity contribution in [3.05, 3.63) is 41.9 Å². The Hall–Kier alpha value is -2.42. The Balaban J connectivity index is 1.85. The predicted molar refractivity (Wildman–Crippen MR) is 135 cm³/mol. The van der Waals surface area contributed by atoms with Gasteiger partial charge in [-0.15, -0.1) is 6.58 Å². The minimum atomic E-state index is -1.18. The van der Waals surface area contributed by atoms with Crippen molar-refractivity contribution >= 4 is 35.1 Å². The molecular weight excluding hydrogens is 484 g/mol. The van der Waals surface area contributed by atoms with E-state index in [9.17, 15) is 19.5 Å². The first kappa shape index (κ1) is 26.6.